The Hall–Kier alpha value is -2.30. The van der Waals surface area contributed by atoms with Crippen molar-refractivity contribution < 1.29 is 19.4 Å². The van der Waals surface area contributed by atoms with Crippen LogP contribution in [-0.2, 0) is 9.59 Å². The van der Waals surface area contributed by atoms with E-state index in [4.69, 9.17) is 9.84 Å². The molecule has 0 fully saturated rings. The van der Waals surface area contributed by atoms with Gasteiger partial charge in [-0.05, 0) is 30.7 Å². The van der Waals surface area contributed by atoms with Gasteiger partial charge in [0.05, 0.1) is 0 Å². The first-order chi connectivity index (χ1) is 8.90. The fraction of sp³-hybridized carbons (Fsp3) is 0.286. The molecule has 1 amide bonds. The predicted octanol–water partition coefficient (Wildman–Crippen LogP) is 1.64. The van der Waals surface area contributed by atoms with Crippen LogP contribution in [0.25, 0.3) is 6.08 Å². The third kappa shape index (κ3) is 4.83. The van der Waals surface area contributed by atoms with Gasteiger partial charge in [-0.2, -0.15) is 0 Å². The van der Waals surface area contributed by atoms with E-state index in [0.717, 1.165) is 6.08 Å². The Morgan fingerprint density at radius 1 is 1.37 bits per heavy atom. The van der Waals surface area contributed by atoms with Crippen LogP contribution in [0.3, 0.4) is 0 Å². The Morgan fingerprint density at radius 2 is 2.05 bits per heavy atom. The number of rotatable bonds is 5. The van der Waals surface area contributed by atoms with Gasteiger partial charge in [-0.1, -0.05) is 12.1 Å². The molecule has 1 aromatic carbocycles. The van der Waals surface area contributed by atoms with Crippen LogP contribution in [0.5, 0.6) is 5.75 Å². The molecule has 1 unspecified atom stereocenters. The monoisotopic (exact) mass is 263 g/mol. The number of hydrogen-bond acceptors (Lipinski definition) is 3. The predicted molar refractivity (Wildman–Crippen MR) is 71.9 cm³/mol. The molecule has 5 nitrogen and oxygen atoms in total. The van der Waals surface area contributed by atoms with E-state index in [2.05, 4.69) is 0 Å². The van der Waals surface area contributed by atoms with Crippen LogP contribution in [0.4, 0.5) is 0 Å². The zero-order valence-electron chi connectivity index (χ0n) is 11.2. The number of carboxylic acid groups (broad SMARTS) is 1. The number of carbonyl (C=O) groups is 2. The summed E-state index contributed by atoms with van der Waals surface area (Å²) in [4.78, 5) is 23.5. The summed E-state index contributed by atoms with van der Waals surface area (Å²) in [5, 5.41) is 8.56. The van der Waals surface area contributed by atoms with Gasteiger partial charge in [-0.15, -0.1) is 0 Å². The second-order valence-corrected chi connectivity index (χ2v) is 4.24. The first-order valence-corrected chi connectivity index (χ1v) is 5.79. The van der Waals surface area contributed by atoms with Crippen LogP contribution in [0.2, 0.25) is 0 Å². The van der Waals surface area contributed by atoms with Gasteiger partial charge in [0.1, 0.15) is 5.75 Å². The number of ether oxygens (including phenoxy) is 1. The number of hydrogen-bond donors (Lipinski definition) is 1. The van der Waals surface area contributed by atoms with Crippen LogP contribution in [0.15, 0.2) is 30.3 Å². The third-order valence-corrected chi connectivity index (χ3v) is 2.38. The van der Waals surface area contributed by atoms with Gasteiger partial charge >= 0.3 is 5.97 Å². The van der Waals surface area contributed by atoms with Gasteiger partial charge in [0, 0.05) is 20.2 Å². The molecule has 0 aromatic heterocycles. The lowest BCUT2D eigenvalue weighted by Gasteiger charge is -2.18. The fourth-order valence-electron chi connectivity index (χ4n) is 1.48. The molecular formula is C14H17NO4. The van der Waals surface area contributed by atoms with E-state index >= 15 is 0 Å². The molecule has 0 aliphatic rings. The molecule has 102 valence electrons. The van der Waals surface area contributed by atoms with Crippen molar-refractivity contribution in [1.82, 2.24) is 4.90 Å². The molecule has 19 heavy (non-hydrogen) atoms. The Labute approximate surface area is 112 Å². The van der Waals surface area contributed by atoms with Crippen LogP contribution < -0.4 is 4.74 Å². The van der Waals surface area contributed by atoms with Crippen molar-refractivity contribution in [2.45, 2.75) is 13.0 Å². The van der Waals surface area contributed by atoms with Crippen molar-refractivity contribution in [1.29, 1.82) is 0 Å². The van der Waals surface area contributed by atoms with Crippen molar-refractivity contribution in [2.75, 3.05) is 14.1 Å². The van der Waals surface area contributed by atoms with E-state index in [9.17, 15) is 9.59 Å². The van der Waals surface area contributed by atoms with Crippen molar-refractivity contribution >= 4 is 18.0 Å². The summed E-state index contributed by atoms with van der Waals surface area (Å²) in [6.07, 6.45) is 1.93. The van der Waals surface area contributed by atoms with Crippen molar-refractivity contribution in [3.8, 4) is 5.75 Å². The molecule has 1 N–H and O–H groups in total. The van der Waals surface area contributed by atoms with Crippen LogP contribution >= 0.6 is 0 Å². The first-order valence-electron chi connectivity index (χ1n) is 5.79. The van der Waals surface area contributed by atoms with E-state index in [1.165, 1.54) is 11.0 Å². The highest BCUT2D eigenvalue weighted by molar-refractivity contribution is 5.85. The van der Waals surface area contributed by atoms with Gasteiger partial charge in [0.25, 0.3) is 5.91 Å². The molecule has 5 heteroatoms. The summed E-state index contributed by atoms with van der Waals surface area (Å²) in [5.74, 6) is -0.621. The maximum absolute atomic E-state index is 11.7. The minimum Gasteiger partial charge on any atom is -0.481 e. The largest absolute Gasteiger partial charge is 0.481 e. The molecule has 0 spiro atoms. The smallest absolute Gasteiger partial charge is 0.328 e. The highest BCUT2D eigenvalue weighted by Crippen LogP contribution is 2.16. The summed E-state index contributed by atoms with van der Waals surface area (Å²) in [7, 11) is 3.32. The molecule has 0 bridgehead atoms. The van der Waals surface area contributed by atoms with E-state index in [-0.39, 0.29) is 5.91 Å². The summed E-state index contributed by atoms with van der Waals surface area (Å²) in [6.45, 7) is 1.67. The highest BCUT2D eigenvalue weighted by atomic mass is 16.5. The Morgan fingerprint density at radius 3 is 2.63 bits per heavy atom. The van der Waals surface area contributed by atoms with Gasteiger partial charge < -0.3 is 14.7 Å². The molecule has 1 aromatic rings. The normalized spacial score (nSPS) is 12.2. The third-order valence-electron chi connectivity index (χ3n) is 2.38. The van der Waals surface area contributed by atoms with Crippen LogP contribution in [0, 0.1) is 0 Å². The summed E-state index contributed by atoms with van der Waals surface area (Å²) in [6, 6.07) is 6.89. The minimum atomic E-state index is -1.01. The quantitative estimate of drug-likeness (QED) is 0.820. The maximum Gasteiger partial charge on any atom is 0.328 e. The summed E-state index contributed by atoms with van der Waals surface area (Å²) >= 11 is 0. The maximum atomic E-state index is 11.7. The van der Waals surface area contributed by atoms with Gasteiger partial charge in [0.15, 0.2) is 6.10 Å². The molecule has 1 rings (SSSR count). The SMILES string of the molecule is CC(Oc1cccc(/C=C/C(=O)O)c1)C(=O)N(C)C. The number of benzene rings is 1. The Balaban J connectivity index is 2.77. The molecule has 0 radical (unpaired) electrons. The van der Waals surface area contributed by atoms with Crippen LogP contribution in [0.1, 0.15) is 12.5 Å². The fourth-order valence-corrected chi connectivity index (χ4v) is 1.48. The topological polar surface area (TPSA) is 66.8 Å². The van der Waals surface area contributed by atoms with Crippen LogP contribution in [-0.4, -0.2) is 42.1 Å². The lowest BCUT2D eigenvalue weighted by atomic mass is 10.2. The molecule has 0 saturated heterocycles. The van der Waals surface area contributed by atoms with Crippen molar-refractivity contribution in [3.05, 3.63) is 35.9 Å². The molecule has 0 aliphatic carbocycles. The van der Waals surface area contributed by atoms with Gasteiger partial charge in [-0.3, -0.25) is 4.79 Å². The second-order valence-electron chi connectivity index (χ2n) is 4.24. The molecule has 1 atom stereocenters. The standard InChI is InChI=1S/C14H17NO4/c1-10(14(18)15(2)3)19-12-6-4-5-11(9-12)7-8-13(16)17/h4-10H,1-3H3,(H,16,17)/b8-7+. The van der Waals surface area contributed by atoms with Crippen molar-refractivity contribution in [2.24, 2.45) is 0 Å². The van der Waals surface area contributed by atoms with E-state index < -0.39 is 12.1 Å². The van der Waals surface area contributed by atoms with E-state index in [0.29, 0.717) is 11.3 Å². The Kier molecular flexibility index (Phi) is 5.11. The average molecular weight is 263 g/mol. The molecule has 0 saturated carbocycles. The minimum absolute atomic E-state index is 0.133. The molecular weight excluding hydrogens is 246 g/mol. The summed E-state index contributed by atoms with van der Waals surface area (Å²) in [5.41, 5.74) is 0.699. The van der Waals surface area contributed by atoms with E-state index in [1.54, 1.807) is 45.3 Å². The number of likely N-dealkylation sites (N-methyl/N-ethyl adjacent to an activating group) is 1. The van der Waals surface area contributed by atoms with E-state index in [1.807, 2.05) is 0 Å². The average Bonchev–Trinajstić information content (AvgIpc) is 2.35. The van der Waals surface area contributed by atoms with Gasteiger partial charge in [0.2, 0.25) is 0 Å². The lowest BCUT2D eigenvalue weighted by Crippen LogP contribution is -2.35. The lowest BCUT2D eigenvalue weighted by molar-refractivity contribution is -0.135. The number of aliphatic carboxylic acids is 1. The number of amides is 1. The summed E-state index contributed by atoms with van der Waals surface area (Å²) < 4.78 is 5.51. The zero-order chi connectivity index (χ0) is 14.4. The first kappa shape index (κ1) is 14.8. The number of nitrogens with zero attached hydrogens (tertiary/aromatic N) is 1. The van der Waals surface area contributed by atoms with Gasteiger partial charge in [-0.25, -0.2) is 4.79 Å². The number of carbonyl (C=O) groups excluding carboxylic acids is 1. The molecule has 0 heterocycles. The molecule has 0 aliphatic heterocycles. The second kappa shape index (κ2) is 6.58. The Bertz CT molecular complexity index is 494. The highest BCUT2D eigenvalue weighted by Gasteiger charge is 2.16. The van der Waals surface area contributed by atoms with Crippen molar-refractivity contribution in [3.63, 3.8) is 0 Å². The number of carboxylic acids is 1. The zero-order valence-corrected chi connectivity index (χ0v) is 11.2.